The molecule has 1 aliphatic heterocycles. The second-order valence-electron chi connectivity index (χ2n) is 10.8. The minimum atomic E-state index is -1.64. The van der Waals surface area contributed by atoms with Crippen LogP contribution in [0.5, 0.6) is 0 Å². The molecule has 0 aliphatic carbocycles. The van der Waals surface area contributed by atoms with Gasteiger partial charge in [0.25, 0.3) is 0 Å². The van der Waals surface area contributed by atoms with Crippen LogP contribution >= 0.6 is 11.3 Å². The summed E-state index contributed by atoms with van der Waals surface area (Å²) in [5.41, 5.74) is 1.73. The van der Waals surface area contributed by atoms with E-state index in [-0.39, 0.29) is 18.4 Å². The number of amides is 1. The average Bonchev–Trinajstić information content (AvgIpc) is 3.61. The minimum absolute atomic E-state index is 0.0988. The Morgan fingerprint density at radius 3 is 2.37 bits per heavy atom. The quantitative estimate of drug-likeness (QED) is 0.138. The summed E-state index contributed by atoms with van der Waals surface area (Å²) in [4.78, 5) is 28.4. The van der Waals surface area contributed by atoms with Crippen molar-refractivity contribution in [2.45, 2.75) is 115 Å². The third-order valence-corrected chi connectivity index (χ3v) is 8.85. The third-order valence-electron chi connectivity index (χ3n) is 7.73. The molecule has 1 aromatic heterocycles. The predicted octanol–water partition coefficient (Wildman–Crippen LogP) is 3.89. The molecule has 0 spiro atoms. The maximum atomic E-state index is 12.7. The summed E-state index contributed by atoms with van der Waals surface area (Å²) >= 11 is 1.29. The number of rotatable bonds is 17. The molecule has 2 aromatic rings. The lowest BCUT2D eigenvalue weighted by Gasteiger charge is -2.25. The van der Waals surface area contributed by atoms with Crippen LogP contribution in [0.3, 0.4) is 0 Å². The molecule has 5 N–H and O–H groups in total. The highest BCUT2D eigenvalue weighted by Gasteiger charge is 2.32. The summed E-state index contributed by atoms with van der Waals surface area (Å²) in [6.45, 7) is 3.26. The smallest absolute Gasteiger partial charge is 0.348 e. The number of hydrogen-bond acceptors (Lipinski definition) is 9. The van der Waals surface area contributed by atoms with Crippen LogP contribution in [0.15, 0.2) is 36.4 Å². The fourth-order valence-electron chi connectivity index (χ4n) is 5.14. The number of aliphatic hydroxyl groups excluding tert-OH is 5. The monoisotopic (exact) mass is 591 g/mol. The Morgan fingerprint density at radius 2 is 1.68 bits per heavy atom. The van der Waals surface area contributed by atoms with Crippen molar-refractivity contribution in [1.82, 2.24) is 0 Å². The number of nitrogens with zero attached hydrogens (tertiary/aromatic N) is 1. The van der Waals surface area contributed by atoms with Gasteiger partial charge in [-0.1, -0.05) is 45.2 Å². The number of esters is 1. The molecule has 228 valence electrons. The van der Waals surface area contributed by atoms with Crippen LogP contribution in [0.2, 0.25) is 0 Å². The van der Waals surface area contributed by atoms with E-state index in [9.17, 15) is 35.1 Å². The van der Waals surface area contributed by atoms with Crippen LogP contribution in [0.25, 0.3) is 0 Å². The summed E-state index contributed by atoms with van der Waals surface area (Å²) in [5.74, 6) is -0.527. The van der Waals surface area contributed by atoms with Gasteiger partial charge in [0, 0.05) is 23.0 Å². The number of unbranched alkanes of at least 4 members (excludes halogenated alkanes) is 2. The molecule has 41 heavy (non-hydrogen) atoms. The summed E-state index contributed by atoms with van der Waals surface area (Å²) in [6, 6.07) is 11.3. The lowest BCUT2D eigenvalue weighted by atomic mass is 10.0. The molecule has 0 radical (unpaired) electrons. The van der Waals surface area contributed by atoms with Crippen LogP contribution in [0.1, 0.15) is 97.9 Å². The molecular formula is C31H45NO8S. The average molecular weight is 592 g/mol. The Balaban J connectivity index is 1.47. The van der Waals surface area contributed by atoms with E-state index in [1.165, 1.54) is 11.3 Å². The minimum Gasteiger partial charge on any atom is -0.459 e. The number of anilines is 1. The van der Waals surface area contributed by atoms with Crippen LogP contribution in [-0.2, 0) is 16.0 Å². The molecule has 10 heteroatoms. The largest absolute Gasteiger partial charge is 0.459 e. The van der Waals surface area contributed by atoms with Crippen molar-refractivity contribution >= 4 is 28.9 Å². The number of thiophene rings is 1. The van der Waals surface area contributed by atoms with Crippen molar-refractivity contribution in [1.29, 1.82) is 0 Å². The zero-order valence-electron chi connectivity index (χ0n) is 24.0. The van der Waals surface area contributed by atoms with Gasteiger partial charge in [-0.25, -0.2) is 4.79 Å². The Bertz CT molecular complexity index is 1090. The molecular weight excluding hydrogens is 546 g/mol. The Morgan fingerprint density at radius 1 is 0.976 bits per heavy atom. The third kappa shape index (κ3) is 9.33. The van der Waals surface area contributed by atoms with Crippen molar-refractivity contribution in [3.63, 3.8) is 0 Å². The van der Waals surface area contributed by atoms with Gasteiger partial charge in [0.2, 0.25) is 5.91 Å². The topological polar surface area (TPSA) is 148 Å². The highest BCUT2D eigenvalue weighted by Crippen LogP contribution is 2.31. The van der Waals surface area contributed by atoms with Crippen molar-refractivity contribution in [3.8, 4) is 0 Å². The number of carbonyl (C=O) groups is 2. The van der Waals surface area contributed by atoms with Gasteiger partial charge in [0.05, 0.1) is 12.2 Å². The van der Waals surface area contributed by atoms with E-state index in [1.54, 1.807) is 13.0 Å². The fraction of sp³-hybridized carbons (Fsp3) is 0.613. The van der Waals surface area contributed by atoms with E-state index in [1.807, 2.05) is 35.2 Å². The molecule has 1 fully saturated rings. The molecule has 1 aromatic carbocycles. The Labute approximate surface area is 246 Å². The Hall–Kier alpha value is -2.34. The van der Waals surface area contributed by atoms with Gasteiger partial charge in [0.1, 0.15) is 29.8 Å². The standard InChI is InChI=1S/C31H45NO8S/c1-3-5-6-10-25(34)20-11-13-22(14-12-20)32-21(15-18-28(32)36)8-7-9-23-16-17-27(41-23)31(39)40-19-26(35)30(38)29(37)24(33)4-2/h11-14,16-17,21,24-26,29-30,33-35,37-38H,3-10,15,18-19H2,1-2H3/t21-,24+,25-,26+,29+,30+/m0/s1. The highest BCUT2D eigenvalue weighted by atomic mass is 32.1. The fourth-order valence-corrected chi connectivity index (χ4v) is 6.09. The number of benzene rings is 1. The van der Waals surface area contributed by atoms with Gasteiger partial charge in [-0.05, 0) is 68.4 Å². The molecule has 0 bridgehead atoms. The second kappa shape index (κ2) is 16.3. The Kier molecular flexibility index (Phi) is 13.2. The van der Waals surface area contributed by atoms with E-state index in [0.29, 0.717) is 11.3 Å². The molecule has 0 unspecified atom stereocenters. The van der Waals surface area contributed by atoms with Crippen LogP contribution < -0.4 is 4.90 Å². The molecule has 9 nitrogen and oxygen atoms in total. The number of aryl methyl sites for hydroxylation is 1. The zero-order chi connectivity index (χ0) is 29.9. The van der Waals surface area contributed by atoms with E-state index in [0.717, 1.165) is 67.5 Å². The zero-order valence-corrected chi connectivity index (χ0v) is 24.8. The van der Waals surface area contributed by atoms with E-state index < -0.39 is 43.1 Å². The van der Waals surface area contributed by atoms with Crippen molar-refractivity contribution in [2.75, 3.05) is 11.5 Å². The SMILES string of the molecule is CCCCC[C@H](O)c1ccc(N2C(=O)CC[C@@H]2CCCc2ccc(C(=O)OC[C@@H](O)[C@@H](O)[C@H](O)[C@H](O)CC)s2)cc1. The van der Waals surface area contributed by atoms with Crippen LogP contribution in [0.4, 0.5) is 5.69 Å². The summed E-state index contributed by atoms with van der Waals surface area (Å²) in [7, 11) is 0. The van der Waals surface area contributed by atoms with Crippen LogP contribution in [-0.4, -0.2) is 74.5 Å². The molecule has 2 heterocycles. The van der Waals surface area contributed by atoms with Crippen molar-refractivity contribution in [3.05, 3.63) is 51.7 Å². The number of carbonyl (C=O) groups excluding carboxylic acids is 2. The summed E-state index contributed by atoms with van der Waals surface area (Å²) in [5, 5.41) is 49.9. The summed E-state index contributed by atoms with van der Waals surface area (Å²) in [6.07, 6.45) is 1.44. The lowest BCUT2D eigenvalue weighted by molar-refractivity contribution is -0.117. The van der Waals surface area contributed by atoms with Gasteiger partial charge < -0.3 is 35.2 Å². The summed E-state index contributed by atoms with van der Waals surface area (Å²) < 4.78 is 5.10. The molecule has 1 aliphatic rings. The maximum absolute atomic E-state index is 12.7. The number of hydrogen-bond donors (Lipinski definition) is 5. The van der Waals surface area contributed by atoms with Gasteiger partial charge in [-0.3, -0.25) is 4.79 Å². The predicted molar refractivity (Wildman–Crippen MR) is 158 cm³/mol. The molecule has 6 atom stereocenters. The van der Waals surface area contributed by atoms with Gasteiger partial charge in [-0.2, -0.15) is 0 Å². The van der Waals surface area contributed by atoms with Crippen LogP contribution in [0, 0.1) is 0 Å². The lowest BCUT2D eigenvalue weighted by Crippen LogP contribution is -2.46. The van der Waals surface area contributed by atoms with Gasteiger partial charge >= 0.3 is 5.97 Å². The van der Waals surface area contributed by atoms with Gasteiger partial charge in [-0.15, -0.1) is 11.3 Å². The van der Waals surface area contributed by atoms with Crippen molar-refractivity contribution in [2.24, 2.45) is 0 Å². The number of ether oxygens (including phenoxy) is 1. The second-order valence-corrected chi connectivity index (χ2v) is 12.0. The van der Waals surface area contributed by atoms with E-state index in [2.05, 4.69) is 6.92 Å². The molecule has 0 saturated carbocycles. The first-order valence-electron chi connectivity index (χ1n) is 14.7. The van der Waals surface area contributed by atoms with Crippen molar-refractivity contribution < 1.29 is 39.9 Å². The van der Waals surface area contributed by atoms with E-state index in [4.69, 9.17) is 4.74 Å². The molecule has 1 amide bonds. The number of aliphatic hydroxyl groups is 5. The first-order valence-corrected chi connectivity index (χ1v) is 15.6. The normalized spacial score (nSPS) is 19.1. The first-order chi connectivity index (χ1) is 19.7. The maximum Gasteiger partial charge on any atom is 0.348 e. The molecule has 1 saturated heterocycles. The van der Waals surface area contributed by atoms with Gasteiger partial charge in [0.15, 0.2) is 0 Å². The van der Waals surface area contributed by atoms with E-state index >= 15 is 0 Å². The highest BCUT2D eigenvalue weighted by molar-refractivity contribution is 7.13. The molecule has 3 rings (SSSR count). The first kappa shape index (κ1) is 33.2.